The van der Waals surface area contributed by atoms with Crippen LogP contribution in [0.1, 0.15) is 38.7 Å². The maximum atomic E-state index is 9.54. The summed E-state index contributed by atoms with van der Waals surface area (Å²) >= 11 is 3.48. The molecule has 0 spiro atoms. The van der Waals surface area contributed by atoms with Crippen LogP contribution in [0.2, 0.25) is 0 Å². The summed E-state index contributed by atoms with van der Waals surface area (Å²) in [5.74, 6) is 1.63. The molecule has 1 aromatic rings. The van der Waals surface area contributed by atoms with Crippen LogP contribution in [0.5, 0.6) is 0 Å². The van der Waals surface area contributed by atoms with Crippen LogP contribution >= 0.6 is 15.9 Å². The molecule has 0 amide bonds. The van der Waals surface area contributed by atoms with E-state index in [2.05, 4.69) is 46.8 Å². The van der Waals surface area contributed by atoms with Crippen LogP contribution in [0.4, 0.5) is 5.69 Å². The molecule has 0 aliphatic carbocycles. The highest BCUT2D eigenvalue weighted by molar-refractivity contribution is 9.10. The number of nitrogens with zero attached hydrogens (tertiary/aromatic N) is 1. The van der Waals surface area contributed by atoms with E-state index >= 15 is 0 Å². The normalized spacial score (nSPS) is 20.7. The maximum Gasteiger partial charge on any atom is 0.0702 e. The molecule has 1 fully saturated rings. The van der Waals surface area contributed by atoms with Gasteiger partial charge in [0, 0.05) is 28.8 Å². The zero-order valence-electron chi connectivity index (χ0n) is 11.9. The van der Waals surface area contributed by atoms with Gasteiger partial charge in [-0.2, -0.15) is 0 Å². The molecule has 1 heterocycles. The van der Waals surface area contributed by atoms with Gasteiger partial charge in [-0.25, -0.2) is 0 Å². The molecule has 2 nitrogen and oxygen atoms in total. The van der Waals surface area contributed by atoms with Crippen molar-refractivity contribution < 1.29 is 5.11 Å². The molecule has 0 bridgehead atoms. The van der Waals surface area contributed by atoms with Crippen LogP contribution in [0, 0.1) is 11.8 Å². The maximum absolute atomic E-state index is 9.54. The highest BCUT2D eigenvalue weighted by atomic mass is 79.9. The highest BCUT2D eigenvalue weighted by Gasteiger charge is 2.20. The van der Waals surface area contributed by atoms with Crippen LogP contribution in [0.25, 0.3) is 0 Å². The predicted molar refractivity (Wildman–Crippen MR) is 84.5 cm³/mol. The van der Waals surface area contributed by atoms with E-state index in [1.807, 2.05) is 6.07 Å². The van der Waals surface area contributed by atoms with Crippen LogP contribution < -0.4 is 4.90 Å². The van der Waals surface area contributed by atoms with Gasteiger partial charge in [0.1, 0.15) is 0 Å². The van der Waals surface area contributed by atoms with Crippen molar-refractivity contribution in [2.24, 2.45) is 11.8 Å². The summed E-state index contributed by atoms with van der Waals surface area (Å²) in [6.07, 6.45) is 3.85. The summed E-state index contributed by atoms with van der Waals surface area (Å²) in [5, 5.41) is 9.54. The number of benzene rings is 1. The summed E-state index contributed by atoms with van der Waals surface area (Å²) in [7, 11) is 0. The van der Waals surface area contributed by atoms with Crippen LogP contribution in [0.15, 0.2) is 22.7 Å². The monoisotopic (exact) mass is 325 g/mol. The minimum Gasteiger partial charge on any atom is -0.392 e. The van der Waals surface area contributed by atoms with E-state index in [1.165, 1.54) is 24.9 Å². The second kappa shape index (κ2) is 6.76. The van der Waals surface area contributed by atoms with Crippen molar-refractivity contribution in [3.8, 4) is 0 Å². The smallest absolute Gasteiger partial charge is 0.0702 e. The Bertz CT molecular complexity index is 419. The van der Waals surface area contributed by atoms with E-state index in [9.17, 15) is 5.11 Å². The van der Waals surface area contributed by atoms with Gasteiger partial charge in [0.2, 0.25) is 0 Å². The number of aliphatic hydroxyl groups is 1. The molecule has 1 N–H and O–H groups in total. The van der Waals surface area contributed by atoms with Gasteiger partial charge in [-0.3, -0.25) is 0 Å². The Hall–Kier alpha value is -0.540. The molecule has 2 rings (SSSR count). The largest absolute Gasteiger partial charge is 0.392 e. The summed E-state index contributed by atoms with van der Waals surface area (Å²) in [5.41, 5.74) is 2.23. The third-order valence-corrected chi connectivity index (χ3v) is 4.76. The Morgan fingerprint density at radius 1 is 1.32 bits per heavy atom. The first-order valence-corrected chi connectivity index (χ1v) is 8.05. The van der Waals surface area contributed by atoms with Crippen LogP contribution in [0.3, 0.4) is 0 Å². The van der Waals surface area contributed by atoms with Gasteiger partial charge in [0.05, 0.1) is 6.61 Å². The number of rotatable bonds is 3. The zero-order valence-corrected chi connectivity index (χ0v) is 13.5. The fraction of sp³-hybridized carbons (Fsp3) is 0.625. The van der Waals surface area contributed by atoms with Gasteiger partial charge in [-0.05, 0) is 49.3 Å². The van der Waals surface area contributed by atoms with Crippen molar-refractivity contribution in [2.45, 2.75) is 39.7 Å². The molecule has 3 heteroatoms. The van der Waals surface area contributed by atoms with E-state index in [0.717, 1.165) is 35.0 Å². The molecule has 0 radical (unpaired) electrons. The molecular formula is C16H24BrNO. The lowest BCUT2D eigenvalue weighted by Crippen LogP contribution is -2.25. The second-order valence-corrected chi connectivity index (χ2v) is 6.77. The molecule has 106 valence electrons. The summed E-state index contributed by atoms with van der Waals surface area (Å²) in [6, 6.07) is 6.23. The first kappa shape index (κ1) is 14.9. The lowest BCUT2D eigenvalue weighted by molar-refractivity contribution is 0.282. The Balaban J connectivity index is 2.14. The number of hydrogen-bond acceptors (Lipinski definition) is 2. The lowest BCUT2D eigenvalue weighted by Gasteiger charge is -2.26. The molecule has 1 unspecified atom stereocenters. The molecule has 1 aromatic carbocycles. The first-order chi connectivity index (χ1) is 9.11. The van der Waals surface area contributed by atoms with Crippen molar-refractivity contribution in [3.63, 3.8) is 0 Å². The second-order valence-electron chi connectivity index (χ2n) is 5.85. The van der Waals surface area contributed by atoms with Gasteiger partial charge in [0.25, 0.3) is 0 Å². The van der Waals surface area contributed by atoms with Gasteiger partial charge in [0.15, 0.2) is 0 Å². The fourth-order valence-electron chi connectivity index (χ4n) is 3.02. The first-order valence-electron chi connectivity index (χ1n) is 7.26. The molecule has 1 saturated heterocycles. The van der Waals surface area contributed by atoms with Crippen molar-refractivity contribution >= 4 is 21.6 Å². The average molecular weight is 326 g/mol. The van der Waals surface area contributed by atoms with E-state index in [0.29, 0.717) is 0 Å². The van der Waals surface area contributed by atoms with Crippen molar-refractivity contribution in [3.05, 3.63) is 28.2 Å². The minimum atomic E-state index is 0.110. The quantitative estimate of drug-likeness (QED) is 0.900. The Labute approximate surface area is 124 Å². The van der Waals surface area contributed by atoms with Crippen molar-refractivity contribution in [2.75, 3.05) is 18.0 Å². The third-order valence-electron chi connectivity index (χ3n) is 4.27. The highest BCUT2D eigenvalue weighted by Crippen LogP contribution is 2.30. The summed E-state index contributed by atoms with van der Waals surface area (Å²) in [4.78, 5) is 2.44. The van der Waals surface area contributed by atoms with Crippen molar-refractivity contribution in [1.82, 2.24) is 0 Å². The van der Waals surface area contributed by atoms with Crippen LogP contribution in [-0.2, 0) is 6.61 Å². The standard InChI is InChI=1S/C16H24BrNO/c1-12(2)13-4-3-8-18(9-7-13)16-6-5-15(17)10-14(16)11-19/h5-6,10,12-13,19H,3-4,7-9,11H2,1-2H3. The molecule has 1 atom stereocenters. The van der Waals surface area contributed by atoms with Gasteiger partial charge in [-0.1, -0.05) is 29.8 Å². The van der Waals surface area contributed by atoms with Crippen molar-refractivity contribution in [1.29, 1.82) is 0 Å². The van der Waals surface area contributed by atoms with E-state index in [-0.39, 0.29) is 6.61 Å². The number of anilines is 1. The molecule has 0 aromatic heterocycles. The molecule has 0 saturated carbocycles. The molecule has 1 aliphatic heterocycles. The van der Waals surface area contributed by atoms with E-state index in [4.69, 9.17) is 0 Å². The van der Waals surface area contributed by atoms with E-state index < -0.39 is 0 Å². The fourth-order valence-corrected chi connectivity index (χ4v) is 3.43. The summed E-state index contributed by atoms with van der Waals surface area (Å²) < 4.78 is 1.04. The van der Waals surface area contributed by atoms with Gasteiger partial charge < -0.3 is 10.0 Å². The SMILES string of the molecule is CC(C)C1CCCN(c2ccc(Br)cc2CO)CC1. The predicted octanol–water partition coefficient (Wildman–Crippen LogP) is 4.20. The lowest BCUT2D eigenvalue weighted by atomic mass is 9.89. The van der Waals surface area contributed by atoms with Gasteiger partial charge >= 0.3 is 0 Å². The third kappa shape index (κ3) is 3.73. The summed E-state index contributed by atoms with van der Waals surface area (Å²) in [6.45, 7) is 6.99. The zero-order chi connectivity index (χ0) is 13.8. The Morgan fingerprint density at radius 3 is 2.79 bits per heavy atom. The molecule has 19 heavy (non-hydrogen) atoms. The van der Waals surface area contributed by atoms with E-state index in [1.54, 1.807) is 0 Å². The average Bonchev–Trinajstić information content (AvgIpc) is 2.64. The number of hydrogen-bond donors (Lipinski definition) is 1. The Morgan fingerprint density at radius 2 is 2.11 bits per heavy atom. The molecule has 1 aliphatic rings. The number of halogens is 1. The minimum absolute atomic E-state index is 0.110. The molecular weight excluding hydrogens is 302 g/mol. The van der Waals surface area contributed by atoms with Gasteiger partial charge in [-0.15, -0.1) is 0 Å². The Kier molecular flexibility index (Phi) is 5.28. The topological polar surface area (TPSA) is 23.5 Å². The van der Waals surface area contributed by atoms with Crippen LogP contribution in [-0.4, -0.2) is 18.2 Å². The number of aliphatic hydroxyl groups excluding tert-OH is 1.